The first-order chi connectivity index (χ1) is 8.09. The summed E-state index contributed by atoms with van der Waals surface area (Å²) in [5.41, 5.74) is 0.678. The third-order valence-electron chi connectivity index (χ3n) is 2.92. The van der Waals surface area contributed by atoms with Crippen molar-refractivity contribution in [3.05, 3.63) is 29.3 Å². The zero-order chi connectivity index (χ0) is 12.4. The summed E-state index contributed by atoms with van der Waals surface area (Å²) in [5.74, 6) is -2.20. The van der Waals surface area contributed by atoms with Crippen LogP contribution in [0.1, 0.15) is 33.6 Å². The first kappa shape index (κ1) is 11.4. The standard InChI is InChI=1S/C12H13NO4/c14-11(15)8-3-4-10(9(7-8)12(16)17)13-5-1-2-6-13/h3-4,7H,1-2,5-6H2,(H,14,15)(H,16,17). The van der Waals surface area contributed by atoms with Gasteiger partial charge in [0.15, 0.2) is 0 Å². The Bertz CT molecular complexity index is 464. The van der Waals surface area contributed by atoms with E-state index in [0.29, 0.717) is 5.69 Å². The lowest BCUT2D eigenvalue weighted by Crippen LogP contribution is -2.21. The predicted molar refractivity (Wildman–Crippen MR) is 61.8 cm³/mol. The van der Waals surface area contributed by atoms with Crippen LogP contribution in [0.2, 0.25) is 0 Å². The van der Waals surface area contributed by atoms with Crippen molar-refractivity contribution in [1.82, 2.24) is 0 Å². The molecule has 1 fully saturated rings. The largest absolute Gasteiger partial charge is 0.478 e. The number of carboxylic acid groups (broad SMARTS) is 2. The van der Waals surface area contributed by atoms with E-state index in [1.165, 1.54) is 12.1 Å². The highest BCUT2D eigenvalue weighted by atomic mass is 16.4. The minimum atomic E-state index is -1.11. The third-order valence-corrected chi connectivity index (χ3v) is 2.92. The van der Waals surface area contributed by atoms with E-state index in [1.54, 1.807) is 6.07 Å². The molecule has 1 aromatic rings. The van der Waals surface area contributed by atoms with Gasteiger partial charge in [-0.3, -0.25) is 0 Å². The molecular weight excluding hydrogens is 222 g/mol. The molecule has 17 heavy (non-hydrogen) atoms. The number of benzene rings is 1. The van der Waals surface area contributed by atoms with Crippen molar-refractivity contribution < 1.29 is 19.8 Å². The number of aromatic carboxylic acids is 2. The lowest BCUT2D eigenvalue weighted by Gasteiger charge is -2.20. The fourth-order valence-electron chi connectivity index (χ4n) is 2.07. The summed E-state index contributed by atoms with van der Waals surface area (Å²) in [6.45, 7) is 1.65. The van der Waals surface area contributed by atoms with E-state index in [1.807, 2.05) is 4.90 Å². The molecule has 1 aliphatic heterocycles. The molecule has 90 valence electrons. The summed E-state index contributed by atoms with van der Waals surface area (Å²) < 4.78 is 0. The van der Waals surface area contributed by atoms with E-state index in [9.17, 15) is 9.59 Å². The normalized spacial score (nSPS) is 14.9. The second-order valence-electron chi connectivity index (χ2n) is 4.04. The van der Waals surface area contributed by atoms with Crippen LogP contribution < -0.4 is 4.90 Å². The molecule has 0 radical (unpaired) electrons. The fourth-order valence-corrected chi connectivity index (χ4v) is 2.07. The van der Waals surface area contributed by atoms with Gasteiger partial charge >= 0.3 is 11.9 Å². The van der Waals surface area contributed by atoms with Gasteiger partial charge in [-0.15, -0.1) is 0 Å². The molecular formula is C12H13NO4. The number of hydrogen-bond acceptors (Lipinski definition) is 3. The van der Waals surface area contributed by atoms with Crippen LogP contribution in [0.4, 0.5) is 5.69 Å². The van der Waals surface area contributed by atoms with Crippen LogP contribution in [-0.2, 0) is 0 Å². The molecule has 0 aliphatic carbocycles. The van der Waals surface area contributed by atoms with E-state index in [2.05, 4.69) is 0 Å². The zero-order valence-corrected chi connectivity index (χ0v) is 9.22. The van der Waals surface area contributed by atoms with Crippen LogP contribution in [0.15, 0.2) is 18.2 Å². The molecule has 2 rings (SSSR count). The van der Waals surface area contributed by atoms with Gasteiger partial charge in [0.25, 0.3) is 0 Å². The van der Waals surface area contributed by atoms with Gasteiger partial charge in [0.05, 0.1) is 16.8 Å². The highest BCUT2D eigenvalue weighted by Gasteiger charge is 2.20. The number of rotatable bonds is 3. The summed E-state index contributed by atoms with van der Waals surface area (Å²) >= 11 is 0. The number of carbonyl (C=O) groups is 2. The molecule has 0 spiro atoms. The first-order valence-electron chi connectivity index (χ1n) is 5.45. The maximum atomic E-state index is 11.1. The molecule has 0 unspecified atom stereocenters. The highest BCUT2D eigenvalue weighted by Crippen LogP contribution is 2.25. The minimum Gasteiger partial charge on any atom is -0.478 e. The van der Waals surface area contributed by atoms with Crippen LogP contribution in [0.5, 0.6) is 0 Å². The average Bonchev–Trinajstić information content (AvgIpc) is 2.81. The van der Waals surface area contributed by atoms with E-state index < -0.39 is 11.9 Å². The van der Waals surface area contributed by atoms with Crippen molar-refractivity contribution >= 4 is 17.6 Å². The molecule has 0 bridgehead atoms. The second kappa shape index (κ2) is 4.45. The Morgan fingerprint density at radius 1 is 1.06 bits per heavy atom. The Kier molecular flexibility index (Phi) is 2.99. The molecule has 1 heterocycles. The maximum Gasteiger partial charge on any atom is 0.337 e. The number of hydrogen-bond donors (Lipinski definition) is 2. The van der Waals surface area contributed by atoms with Crippen molar-refractivity contribution in [2.75, 3.05) is 18.0 Å². The maximum absolute atomic E-state index is 11.1. The van der Waals surface area contributed by atoms with Gasteiger partial charge in [-0.25, -0.2) is 9.59 Å². The molecule has 1 aliphatic rings. The average molecular weight is 235 g/mol. The predicted octanol–water partition coefficient (Wildman–Crippen LogP) is 1.68. The second-order valence-corrected chi connectivity index (χ2v) is 4.04. The molecule has 2 N–H and O–H groups in total. The highest BCUT2D eigenvalue weighted by molar-refractivity contribution is 5.98. The summed E-state index contributed by atoms with van der Waals surface area (Å²) in [7, 11) is 0. The van der Waals surface area contributed by atoms with Crippen molar-refractivity contribution in [1.29, 1.82) is 0 Å². The SMILES string of the molecule is O=C(O)c1ccc(N2CCCC2)c(C(=O)O)c1. The van der Waals surface area contributed by atoms with Gasteiger partial charge in [0.1, 0.15) is 0 Å². The summed E-state index contributed by atoms with van der Waals surface area (Å²) in [5, 5.41) is 18.0. The molecule has 5 nitrogen and oxygen atoms in total. The van der Waals surface area contributed by atoms with Gasteiger partial charge in [0.2, 0.25) is 0 Å². The molecule has 1 aromatic carbocycles. The molecule has 1 saturated heterocycles. The third kappa shape index (κ3) is 2.22. The van der Waals surface area contributed by atoms with Crippen LogP contribution in [-0.4, -0.2) is 35.2 Å². The van der Waals surface area contributed by atoms with Crippen molar-refractivity contribution in [2.24, 2.45) is 0 Å². The lowest BCUT2D eigenvalue weighted by atomic mass is 10.1. The Morgan fingerprint density at radius 2 is 1.71 bits per heavy atom. The van der Waals surface area contributed by atoms with E-state index in [0.717, 1.165) is 25.9 Å². The fraction of sp³-hybridized carbons (Fsp3) is 0.333. The Hall–Kier alpha value is -2.04. The first-order valence-corrected chi connectivity index (χ1v) is 5.45. The molecule has 0 aromatic heterocycles. The van der Waals surface area contributed by atoms with Crippen LogP contribution in [0.3, 0.4) is 0 Å². The zero-order valence-electron chi connectivity index (χ0n) is 9.22. The number of nitrogens with zero attached hydrogens (tertiary/aromatic N) is 1. The van der Waals surface area contributed by atoms with Crippen molar-refractivity contribution in [3.63, 3.8) is 0 Å². The van der Waals surface area contributed by atoms with E-state index in [-0.39, 0.29) is 11.1 Å². The van der Waals surface area contributed by atoms with Gasteiger partial charge in [0, 0.05) is 13.1 Å². The van der Waals surface area contributed by atoms with E-state index >= 15 is 0 Å². The summed E-state index contributed by atoms with van der Waals surface area (Å²) in [4.78, 5) is 23.9. The topological polar surface area (TPSA) is 77.8 Å². The van der Waals surface area contributed by atoms with Crippen LogP contribution in [0.25, 0.3) is 0 Å². The van der Waals surface area contributed by atoms with Crippen LogP contribution in [0, 0.1) is 0 Å². The lowest BCUT2D eigenvalue weighted by molar-refractivity contribution is 0.0696. The van der Waals surface area contributed by atoms with Crippen molar-refractivity contribution in [3.8, 4) is 0 Å². The molecule has 0 saturated carbocycles. The molecule has 0 amide bonds. The Balaban J connectivity index is 2.44. The smallest absolute Gasteiger partial charge is 0.337 e. The Labute approximate surface area is 98.3 Å². The van der Waals surface area contributed by atoms with Gasteiger partial charge in [-0.1, -0.05) is 0 Å². The number of anilines is 1. The quantitative estimate of drug-likeness (QED) is 0.833. The van der Waals surface area contributed by atoms with Gasteiger partial charge in [-0.2, -0.15) is 0 Å². The van der Waals surface area contributed by atoms with Gasteiger partial charge < -0.3 is 15.1 Å². The van der Waals surface area contributed by atoms with Gasteiger partial charge in [-0.05, 0) is 31.0 Å². The summed E-state index contributed by atoms with van der Waals surface area (Å²) in [6.07, 6.45) is 2.08. The number of carboxylic acids is 2. The van der Waals surface area contributed by atoms with E-state index in [4.69, 9.17) is 10.2 Å². The van der Waals surface area contributed by atoms with Crippen LogP contribution >= 0.6 is 0 Å². The van der Waals surface area contributed by atoms with Crippen molar-refractivity contribution in [2.45, 2.75) is 12.8 Å². The molecule has 5 heteroatoms. The minimum absolute atomic E-state index is 0.00495. The monoisotopic (exact) mass is 235 g/mol. The Morgan fingerprint density at radius 3 is 2.24 bits per heavy atom. The summed E-state index contributed by atoms with van der Waals surface area (Å²) in [6, 6.07) is 4.25. The molecule has 0 atom stereocenters.